The summed E-state index contributed by atoms with van der Waals surface area (Å²) in [6.07, 6.45) is 1.87. The van der Waals surface area contributed by atoms with E-state index in [0.29, 0.717) is 26.3 Å². The second-order valence-electron chi connectivity index (χ2n) is 5.78. The van der Waals surface area contributed by atoms with E-state index >= 15 is 0 Å². The van der Waals surface area contributed by atoms with Gasteiger partial charge >= 0.3 is 0 Å². The highest BCUT2D eigenvalue weighted by molar-refractivity contribution is 5.82. The van der Waals surface area contributed by atoms with Crippen molar-refractivity contribution in [2.75, 3.05) is 19.8 Å². The van der Waals surface area contributed by atoms with Crippen molar-refractivity contribution in [3.63, 3.8) is 0 Å². The maximum absolute atomic E-state index is 12.0. The van der Waals surface area contributed by atoms with Crippen LogP contribution >= 0.6 is 0 Å². The minimum Gasteiger partial charge on any atom is -0.381 e. The molecule has 1 aliphatic heterocycles. The zero-order valence-electron chi connectivity index (χ0n) is 13.3. The van der Waals surface area contributed by atoms with Crippen molar-refractivity contribution < 1.29 is 14.3 Å². The first-order chi connectivity index (χ1) is 11.2. The summed E-state index contributed by atoms with van der Waals surface area (Å²) in [7, 11) is 0. The van der Waals surface area contributed by atoms with Gasteiger partial charge in [-0.1, -0.05) is 30.3 Å². The summed E-state index contributed by atoms with van der Waals surface area (Å²) in [5.74, 6) is -0.114. The van der Waals surface area contributed by atoms with Crippen LogP contribution in [0.15, 0.2) is 30.3 Å². The number of rotatable bonds is 7. The van der Waals surface area contributed by atoms with Crippen LogP contribution in [0.5, 0.6) is 0 Å². The first kappa shape index (κ1) is 17.4. The average molecular weight is 319 g/mol. The van der Waals surface area contributed by atoms with E-state index in [0.717, 1.165) is 18.4 Å². The first-order valence-electron chi connectivity index (χ1n) is 8.08. The highest BCUT2D eigenvalue weighted by Crippen LogP contribution is 2.17. The second-order valence-corrected chi connectivity index (χ2v) is 5.78. The molecule has 0 aliphatic carbocycles. The highest BCUT2D eigenvalue weighted by atomic mass is 16.5. The summed E-state index contributed by atoms with van der Waals surface area (Å²) < 4.78 is 5.27. The van der Waals surface area contributed by atoms with Crippen molar-refractivity contribution in [1.82, 2.24) is 10.6 Å². The van der Waals surface area contributed by atoms with Crippen molar-refractivity contribution in [2.24, 2.45) is 11.7 Å². The van der Waals surface area contributed by atoms with E-state index in [-0.39, 0.29) is 24.2 Å². The largest absolute Gasteiger partial charge is 0.381 e. The quantitative estimate of drug-likeness (QED) is 0.685. The number of nitrogens with two attached hydrogens (primary N) is 1. The van der Waals surface area contributed by atoms with E-state index in [2.05, 4.69) is 10.6 Å². The fraction of sp³-hybridized carbons (Fsp3) is 0.529. The molecule has 1 aliphatic rings. The zero-order chi connectivity index (χ0) is 16.5. The van der Waals surface area contributed by atoms with Crippen LogP contribution in [0.3, 0.4) is 0 Å². The number of carbonyl (C=O) groups is 2. The van der Waals surface area contributed by atoms with E-state index in [4.69, 9.17) is 10.5 Å². The maximum atomic E-state index is 12.0. The smallest absolute Gasteiger partial charge is 0.237 e. The Balaban J connectivity index is 1.61. The molecule has 2 amide bonds. The lowest BCUT2D eigenvalue weighted by atomic mass is 9.92. The number of ether oxygens (including phenoxy) is 1. The molecule has 1 saturated heterocycles. The highest BCUT2D eigenvalue weighted by Gasteiger charge is 2.26. The van der Waals surface area contributed by atoms with Gasteiger partial charge in [0.05, 0.1) is 6.04 Å². The Morgan fingerprint density at radius 2 is 1.87 bits per heavy atom. The third-order valence-electron chi connectivity index (χ3n) is 4.06. The number of nitrogens with one attached hydrogen (secondary N) is 2. The SMILES string of the molecule is NC(C(=O)NCCC(=O)NCc1ccccc1)C1CCOCC1. The van der Waals surface area contributed by atoms with Crippen LogP contribution in [0.2, 0.25) is 0 Å². The normalized spacial score (nSPS) is 16.6. The molecule has 0 saturated carbocycles. The van der Waals surface area contributed by atoms with Gasteiger partial charge in [-0.15, -0.1) is 0 Å². The molecule has 6 nitrogen and oxygen atoms in total. The number of benzene rings is 1. The maximum Gasteiger partial charge on any atom is 0.237 e. The Bertz CT molecular complexity index is 501. The molecule has 23 heavy (non-hydrogen) atoms. The summed E-state index contributed by atoms with van der Waals surface area (Å²) in [6, 6.07) is 9.18. The van der Waals surface area contributed by atoms with Gasteiger partial charge in [0.1, 0.15) is 0 Å². The van der Waals surface area contributed by atoms with Gasteiger partial charge in [-0.25, -0.2) is 0 Å². The molecule has 0 radical (unpaired) electrons. The first-order valence-corrected chi connectivity index (χ1v) is 8.08. The summed E-state index contributed by atoms with van der Waals surface area (Å²) in [5, 5.41) is 5.57. The summed E-state index contributed by atoms with van der Waals surface area (Å²) in [6.45, 7) is 2.12. The molecular formula is C17H25N3O3. The van der Waals surface area contributed by atoms with Gasteiger partial charge in [0.15, 0.2) is 0 Å². The van der Waals surface area contributed by atoms with Crippen LogP contribution in [0, 0.1) is 5.92 Å². The minimum absolute atomic E-state index is 0.0891. The third-order valence-corrected chi connectivity index (χ3v) is 4.06. The van der Waals surface area contributed by atoms with Gasteiger partial charge in [0, 0.05) is 32.7 Å². The molecule has 0 aromatic heterocycles. The van der Waals surface area contributed by atoms with E-state index in [1.54, 1.807) is 0 Å². The van der Waals surface area contributed by atoms with E-state index in [9.17, 15) is 9.59 Å². The zero-order valence-corrected chi connectivity index (χ0v) is 13.3. The van der Waals surface area contributed by atoms with Crippen molar-refractivity contribution >= 4 is 11.8 Å². The average Bonchev–Trinajstić information content (AvgIpc) is 2.61. The van der Waals surface area contributed by atoms with Crippen LogP contribution in [0.25, 0.3) is 0 Å². The van der Waals surface area contributed by atoms with Gasteiger partial charge in [-0.05, 0) is 24.3 Å². The molecule has 126 valence electrons. The Morgan fingerprint density at radius 1 is 1.17 bits per heavy atom. The lowest BCUT2D eigenvalue weighted by Gasteiger charge is -2.26. The Labute approximate surface area is 136 Å². The molecule has 1 unspecified atom stereocenters. The fourth-order valence-corrected chi connectivity index (χ4v) is 2.59. The van der Waals surface area contributed by atoms with Crippen molar-refractivity contribution in [3.8, 4) is 0 Å². The van der Waals surface area contributed by atoms with Crippen molar-refractivity contribution in [3.05, 3.63) is 35.9 Å². The summed E-state index contributed by atoms with van der Waals surface area (Å²) >= 11 is 0. The van der Waals surface area contributed by atoms with Gasteiger partial charge in [-0.3, -0.25) is 9.59 Å². The van der Waals surface area contributed by atoms with Crippen LogP contribution < -0.4 is 16.4 Å². The molecule has 6 heteroatoms. The van der Waals surface area contributed by atoms with E-state index in [1.807, 2.05) is 30.3 Å². The summed E-state index contributed by atoms with van der Waals surface area (Å²) in [4.78, 5) is 23.8. The molecule has 4 N–H and O–H groups in total. The Hall–Kier alpha value is -1.92. The van der Waals surface area contributed by atoms with Crippen molar-refractivity contribution in [2.45, 2.75) is 31.8 Å². The van der Waals surface area contributed by atoms with Crippen LogP contribution in [-0.2, 0) is 20.9 Å². The topological polar surface area (TPSA) is 93.5 Å². The molecule has 0 spiro atoms. The molecule has 1 heterocycles. The van der Waals surface area contributed by atoms with E-state index in [1.165, 1.54) is 0 Å². The fourth-order valence-electron chi connectivity index (χ4n) is 2.59. The molecule has 1 aromatic carbocycles. The number of hydrogen-bond acceptors (Lipinski definition) is 4. The Morgan fingerprint density at radius 3 is 2.57 bits per heavy atom. The summed E-state index contributed by atoms with van der Waals surface area (Å²) in [5.41, 5.74) is 7.02. The number of amides is 2. The van der Waals surface area contributed by atoms with Gasteiger partial charge in [-0.2, -0.15) is 0 Å². The molecule has 0 bridgehead atoms. The van der Waals surface area contributed by atoms with Crippen LogP contribution in [0.4, 0.5) is 0 Å². The molecule has 1 atom stereocenters. The van der Waals surface area contributed by atoms with Gasteiger partial charge in [0.25, 0.3) is 0 Å². The lowest BCUT2D eigenvalue weighted by Crippen LogP contribution is -2.47. The minimum atomic E-state index is -0.522. The number of hydrogen-bond donors (Lipinski definition) is 3. The van der Waals surface area contributed by atoms with Gasteiger partial charge < -0.3 is 21.1 Å². The molecule has 1 fully saturated rings. The molecule has 1 aromatic rings. The monoisotopic (exact) mass is 319 g/mol. The van der Waals surface area contributed by atoms with E-state index < -0.39 is 6.04 Å². The van der Waals surface area contributed by atoms with Crippen molar-refractivity contribution in [1.29, 1.82) is 0 Å². The standard InChI is InChI=1S/C17H25N3O3/c18-16(14-7-10-23-11-8-14)17(22)19-9-6-15(21)20-12-13-4-2-1-3-5-13/h1-5,14,16H,6-12,18H2,(H,19,22)(H,20,21). The second kappa shape index (κ2) is 9.27. The molecule has 2 rings (SSSR count). The molecular weight excluding hydrogens is 294 g/mol. The Kier molecular flexibility index (Phi) is 7.03. The lowest BCUT2D eigenvalue weighted by molar-refractivity contribution is -0.124. The van der Waals surface area contributed by atoms with Crippen LogP contribution in [-0.4, -0.2) is 37.6 Å². The third kappa shape index (κ3) is 6.00. The van der Waals surface area contributed by atoms with Gasteiger partial charge in [0.2, 0.25) is 11.8 Å². The predicted octanol–water partition coefficient (Wildman–Crippen LogP) is 0.563. The number of carbonyl (C=O) groups excluding carboxylic acids is 2. The predicted molar refractivity (Wildman–Crippen MR) is 87.4 cm³/mol. The van der Waals surface area contributed by atoms with Crippen LogP contribution in [0.1, 0.15) is 24.8 Å².